The van der Waals surface area contributed by atoms with E-state index in [1.807, 2.05) is 91.0 Å². The van der Waals surface area contributed by atoms with E-state index in [1.165, 1.54) is 0 Å². The van der Waals surface area contributed by atoms with Gasteiger partial charge in [0.2, 0.25) is 0 Å². The summed E-state index contributed by atoms with van der Waals surface area (Å²) in [5.41, 5.74) is 3.74. The van der Waals surface area contributed by atoms with E-state index in [1.54, 1.807) is 6.07 Å². The first-order valence-corrected chi connectivity index (χ1v) is 14.6. The maximum absolute atomic E-state index is 13.3. The second kappa shape index (κ2) is 14.5. The summed E-state index contributed by atoms with van der Waals surface area (Å²) in [6, 6.07) is 29.4. The highest BCUT2D eigenvalue weighted by Gasteiger charge is 2.23. The highest BCUT2D eigenvalue weighted by molar-refractivity contribution is 9.10. The number of benzene rings is 4. The van der Waals surface area contributed by atoms with Gasteiger partial charge in [0, 0.05) is 28.7 Å². The van der Waals surface area contributed by atoms with E-state index < -0.39 is 17.9 Å². The number of carboxylic acids is 1. The number of hydrogen-bond acceptors (Lipinski definition) is 4. The molecule has 0 bridgehead atoms. The SMILES string of the molecule is CCCC(C)CNc1ccc(Br)cc1C(=O)N[C@@H](Cc1ccc(-c2ccccc2Oc2ccccc2)cc1)C(=O)O. The Kier molecular flexibility index (Phi) is 10.6. The molecule has 2 atom stereocenters. The Hall–Kier alpha value is -4.10. The lowest BCUT2D eigenvalue weighted by atomic mass is 9.99. The lowest BCUT2D eigenvalue weighted by Crippen LogP contribution is -2.42. The van der Waals surface area contributed by atoms with Crippen LogP contribution in [0.2, 0.25) is 0 Å². The third kappa shape index (κ3) is 8.44. The lowest BCUT2D eigenvalue weighted by Gasteiger charge is -2.19. The standard InChI is InChI=1S/C34H35BrN2O4/c1-3-9-23(2)22-36-30-19-18-26(35)21-29(30)33(38)37-31(34(39)40)20-24-14-16-25(17-15-24)28-12-7-8-13-32(28)41-27-10-5-4-6-11-27/h4-8,10-19,21,23,31,36H,3,9,20,22H2,1-2H3,(H,37,38)(H,39,40)/t23?,31-/m0/s1. The summed E-state index contributed by atoms with van der Waals surface area (Å²) in [6.07, 6.45) is 2.32. The summed E-state index contributed by atoms with van der Waals surface area (Å²) >= 11 is 3.43. The zero-order valence-corrected chi connectivity index (χ0v) is 24.9. The Balaban J connectivity index is 1.47. The molecule has 6 nitrogen and oxygen atoms in total. The molecule has 0 radical (unpaired) electrons. The van der Waals surface area contributed by atoms with E-state index >= 15 is 0 Å². The molecule has 0 spiro atoms. The zero-order valence-electron chi connectivity index (χ0n) is 23.3. The number of carbonyl (C=O) groups is 2. The molecule has 1 unspecified atom stereocenters. The fraction of sp³-hybridized carbons (Fsp3) is 0.235. The number of aliphatic carboxylic acids is 1. The van der Waals surface area contributed by atoms with Crippen LogP contribution in [0, 0.1) is 5.92 Å². The molecule has 212 valence electrons. The maximum atomic E-state index is 13.3. The van der Waals surface area contributed by atoms with Gasteiger partial charge in [0.1, 0.15) is 17.5 Å². The van der Waals surface area contributed by atoms with Crippen LogP contribution in [0.5, 0.6) is 11.5 Å². The number of amides is 1. The van der Waals surface area contributed by atoms with Crippen LogP contribution in [-0.2, 0) is 11.2 Å². The van der Waals surface area contributed by atoms with Crippen molar-refractivity contribution in [1.82, 2.24) is 5.32 Å². The third-order valence-corrected chi connectivity index (χ3v) is 7.31. The summed E-state index contributed by atoms with van der Waals surface area (Å²) in [4.78, 5) is 25.4. The van der Waals surface area contributed by atoms with Gasteiger partial charge < -0.3 is 20.5 Å². The van der Waals surface area contributed by atoms with Crippen molar-refractivity contribution in [3.05, 3.63) is 113 Å². The van der Waals surface area contributed by atoms with Crippen molar-refractivity contribution in [2.45, 2.75) is 39.2 Å². The molecule has 0 aliphatic carbocycles. The minimum atomic E-state index is -1.09. The Bertz CT molecular complexity index is 1460. The zero-order chi connectivity index (χ0) is 29.2. The average Bonchev–Trinajstić information content (AvgIpc) is 2.97. The number of rotatable bonds is 13. The number of ether oxygens (including phenoxy) is 1. The summed E-state index contributed by atoms with van der Waals surface area (Å²) in [5, 5.41) is 16.0. The molecular formula is C34H35BrN2O4. The second-order valence-electron chi connectivity index (χ2n) is 10.1. The van der Waals surface area contributed by atoms with E-state index in [0.717, 1.165) is 52.0 Å². The van der Waals surface area contributed by atoms with Gasteiger partial charge in [-0.05, 0) is 59.9 Å². The van der Waals surface area contributed by atoms with Crippen LogP contribution in [0.1, 0.15) is 42.6 Å². The molecule has 3 N–H and O–H groups in total. The van der Waals surface area contributed by atoms with Gasteiger partial charge in [0.15, 0.2) is 0 Å². The fourth-order valence-corrected chi connectivity index (χ4v) is 5.00. The van der Waals surface area contributed by atoms with Gasteiger partial charge in [0.25, 0.3) is 5.91 Å². The largest absolute Gasteiger partial charge is 0.480 e. The smallest absolute Gasteiger partial charge is 0.326 e. The summed E-state index contributed by atoms with van der Waals surface area (Å²) < 4.78 is 6.85. The van der Waals surface area contributed by atoms with Gasteiger partial charge in [-0.15, -0.1) is 0 Å². The predicted molar refractivity (Wildman–Crippen MR) is 168 cm³/mol. The maximum Gasteiger partial charge on any atom is 0.326 e. The summed E-state index contributed by atoms with van der Waals surface area (Å²) in [5.74, 6) is 0.393. The van der Waals surface area contributed by atoms with Crippen molar-refractivity contribution in [2.24, 2.45) is 5.92 Å². The van der Waals surface area contributed by atoms with Gasteiger partial charge in [-0.1, -0.05) is 96.9 Å². The van der Waals surface area contributed by atoms with Crippen molar-refractivity contribution < 1.29 is 19.4 Å². The van der Waals surface area contributed by atoms with Gasteiger partial charge in [0.05, 0.1) is 5.56 Å². The Morgan fingerprint density at radius 2 is 1.63 bits per heavy atom. The minimum Gasteiger partial charge on any atom is -0.480 e. The average molecular weight is 616 g/mol. The number of para-hydroxylation sites is 2. The predicted octanol–water partition coefficient (Wildman–Crippen LogP) is 8.18. The van der Waals surface area contributed by atoms with Crippen molar-refractivity contribution in [3.8, 4) is 22.6 Å². The Morgan fingerprint density at radius 3 is 2.34 bits per heavy atom. The molecule has 0 saturated carbocycles. The first-order chi connectivity index (χ1) is 19.8. The first kappa shape index (κ1) is 29.9. The number of hydrogen-bond donors (Lipinski definition) is 3. The third-order valence-electron chi connectivity index (χ3n) is 6.81. The monoisotopic (exact) mass is 614 g/mol. The molecule has 0 fully saturated rings. The first-order valence-electron chi connectivity index (χ1n) is 13.8. The number of anilines is 1. The topological polar surface area (TPSA) is 87.7 Å². The van der Waals surface area contributed by atoms with Crippen LogP contribution in [-0.4, -0.2) is 29.6 Å². The van der Waals surface area contributed by atoms with Crippen LogP contribution in [0.4, 0.5) is 5.69 Å². The van der Waals surface area contributed by atoms with E-state index in [2.05, 4.69) is 40.4 Å². The molecule has 0 aliphatic rings. The number of carbonyl (C=O) groups excluding carboxylic acids is 1. The van der Waals surface area contributed by atoms with Gasteiger partial charge >= 0.3 is 5.97 Å². The van der Waals surface area contributed by atoms with Crippen LogP contribution in [0.15, 0.2) is 102 Å². The highest BCUT2D eigenvalue weighted by atomic mass is 79.9. The molecule has 0 aromatic heterocycles. The number of carboxylic acid groups (broad SMARTS) is 1. The van der Waals surface area contributed by atoms with Gasteiger partial charge in [-0.2, -0.15) is 0 Å². The van der Waals surface area contributed by atoms with E-state index in [4.69, 9.17) is 4.74 Å². The molecule has 4 aromatic carbocycles. The number of nitrogens with one attached hydrogen (secondary N) is 2. The van der Waals surface area contributed by atoms with Crippen molar-refractivity contribution in [1.29, 1.82) is 0 Å². The minimum absolute atomic E-state index is 0.147. The molecule has 4 rings (SSSR count). The van der Waals surface area contributed by atoms with Crippen molar-refractivity contribution in [2.75, 3.05) is 11.9 Å². The molecule has 1 amide bonds. The van der Waals surface area contributed by atoms with Crippen LogP contribution >= 0.6 is 15.9 Å². The van der Waals surface area contributed by atoms with E-state index in [-0.39, 0.29) is 6.42 Å². The molecular weight excluding hydrogens is 580 g/mol. The lowest BCUT2D eigenvalue weighted by molar-refractivity contribution is -0.139. The van der Waals surface area contributed by atoms with Crippen molar-refractivity contribution >= 4 is 33.5 Å². The van der Waals surface area contributed by atoms with E-state index in [9.17, 15) is 14.7 Å². The quantitative estimate of drug-likeness (QED) is 0.141. The molecule has 0 heterocycles. The number of halogens is 1. The molecule has 0 saturated heterocycles. The Morgan fingerprint density at radius 1 is 0.927 bits per heavy atom. The highest BCUT2D eigenvalue weighted by Crippen LogP contribution is 2.33. The molecule has 0 aliphatic heterocycles. The van der Waals surface area contributed by atoms with Crippen LogP contribution in [0.3, 0.4) is 0 Å². The molecule has 7 heteroatoms. The van der Waals surface area contributed by atoms with E-state index in [0.29, 0.717) is 17.2 Å². The Labute approximate surface area is 249 Å². The van der Waals surface area contributed by atoms with Crippen LogP contribution < -0.4 is 15.4 Å². The molecule has 41 heavy (non-hydrogen) atoms. The fourth-order valence-electron chi connectivity index (χ4n) is 4.64. The van der Waals surface area contributed by atoms with Gasteiger partial charge in [-0.3, -0.25) is 4.79 Å². The second-order valence-corrected chi connectivity index (χ2v) is 11.1. The van der Waals surface area contributed by atoms with Crippen molar-refractivity contribution in [3.63, 3.8) is 0 Å². The normalized spacial score (nSPS) is 12.3. The molecule has 4 aromatic rings. The van der Waals surface area contributed by atoms with Crippen LogP contribution in [0.25, 0.3) is 11.1 Å². The summed E-state index contributed by atoms with van der Waals surface area (Å²) in [7, 11) is 0. The van der Waals surface area contributed by atoms with Gasteiger partial charge in [-0.25, -0.2) is 4.79 Å². The summed E-state index contributed by atoms with van der Waals surface area (Å²) in [6.45, 7) is 5.04.